The van der Waals surface area contributed by atoms with E-state index in [4.69, 9.17) is 0 Å². The van der Waals surface area contributed by atoms with Gasteiger partial charge in [-0.15, -0.1) is 0 Å². The topological polar surface area (TPSA) is 70.1 Å². The van der Waals surface area contributed by atoms with Crippen molar-refractivity contribution in [1.29, 1.82) is 0 Å². The summed E-state index contributed by atoms with van der Waals surface area (Å²) in [6.07, 6.45) is 5.13. The molecule has 1 fully saturated rings. The molecule has 0 unspecified atom stereocenters. The van der Waals surface area contributed by atoms with Crippen LogP contribution in [0.4, 0.5) is 0 Å². The Hall–Kier alpha value is -1.99. The molecule has 2 aromatic rings. The van der Waals surface area contributed by atoms with Crippen LogP contribution in [0.5, 0.6) is 0 Å². The molecule has 7 heteroatoms. The third-order valence-corrected chi connectivity index (χ3v) is 4.62. The Morgan fingerprint density at radius 1 is 1.29 bits per heavy atom. The zero-order valence-electron chi connectivity index (χ0n) is 14.7. The smallest absolute Gasteiger partial charge is 0.251 e. The second-order valence-corrected chi connectivity index (χ2v) is 6.64. The highest BCUT2D eigenvalue weighted by atomic mass is 16.1. The summed E-state index contributed by atoms with van der Waals surface area (Å²) in [5.74, 6) is 0.765. The number of rotatable bonds is 4. The Kier molecular flexibility index (Phi) is 5.11. The predicted molar refractivity (Wildman–Crippen MR) is 92.7 cm³/mol. The third-order valence-electron chi connectivity index (χ3n) is 4.62. The first-order valence-electron chi connectivity index (χ1n) is 8.53. The van der Waals surface area contributed by atoms with Crippen molar-refractivity contribution in [2.24, 2.45) is 7.05 Å². The standard InChI is InChI=1S/C17H26N6O/c1-13-9-16(24)20-17(19-13)14(2)23-6-4-5-22(7-8-23)12-15-10-18-21(3)11-15/h9-11,14H,4-8,12H2,1-3H3,(H,19,20,24)/t14-/m0/s1. The summed E-state index contributed by atoms with van der Waals surface area (Å²) in [5, 5.41) is 4.24. The summed E-state index contributed by atoms with van der Waals surface area (Å²) in [4.78, 5) is 24.0. The summed E-state index contributed by atoms with van der Waals surface area (Å²) < 4.78 is 1.85. The van der Waals surface area contributed by atoms with E-state index in [-0.39, 0.29) is 11.6 Å². The van der Waals surface area contributed by atoms with Crippen LogP contribution in [0.3, 0.4) is 0 Å². The zero-order valence-corrected chi connectivity index (χ0v) is 14.7. The van der Waals surface area contributed by atoms with E-state index in [1.807, 2.05) is 24.9 Å². The van der Waals surface area contributed by atoms with Crippen molar-refractivity contribution >= 4 is 0 Å². The number of nitrogens with one attached hydrogen (secondary N) is 1. The lowest BCUT2D eigenvalue weighted by Gasteiger charge is -2.27. The molecule has 24 heavy (non-hydrogen) atoms. The van der Waals surface area contributed by atoms with Gasteiger partial charge in [0, 0.05) is 56.7 Å². The predicted octanol–water partition coefficient (Wildman–Crippen LogP) is 1.08. The maximum Gasteiger partial charge on any atom is 0.251 e. The van der Waals surface area contributed by atoms with Gasteiger partial charge in [-0.3, -0.25) is 19.3 Å². The minimum Gasteiger partial charge on any atom is -0.309 e. The van der Waals surface area contributed by atoms with E-state index in [0.29, 0.717) is 0 Å². The van der Waals surface area contributed by atoms with Gasteiger partial charge in [0.1, 0.15) is 5.82 Å². The quantitative estimate of drug-likeness (QED) is 0.908. The Balaban J connectivity index is 1.63. The first-order chi connectivity index (χ1) is 11.5. The van der Waals surface area contributed by atoms with E-state index < -0.39 is 0 Å². The lowest BCUT2D eigenvalue weighted by molar-refractivity contribution is 0.202. The fourth-order valence-corrected chi connectivity index (χ4v) is 3.32. The number of aromatic nitrogens is 4. The Bertz CT molecular complexity index is 737. The van der Waals surface area contributed by atoms with E-state index in [9.17, 15) is 4.79 Å². The van der Waals surface area contributed by atoms with Gasteiger partial charge < -0.3 is 4.98 Å². The molecule has 1 saturated heterocycles. The van der Waals surface area contributed by atoms with Gasteiger partial charge in [0.25, 0.3) is 5.56 Å². The summed E-state index contributed by atoms with van der Waals surface area (Å²) in [6.45, 7) is 9.00. The minimum absolute atomic E-state index is 0.0719. The van der Waals surface area contributed by atoms with Crippen molar-refractivity contribution < 1.29 is 0 Å². The molecule has 1 atom stereocenters. The molecule has 3 rings (SSSR count). The van der Waals surface area contributed by atoms with E-state index in [1.165, 1.54) is 11.6 Å². The average molecular weight is 330 g/mol. The van der Waals surface area contributed by atoms with Gasteiger partial charge in [0.15, 0.2) is 0 Å². The van der Waals surface area contributed by atoms with Gasteiger partial charge in [0.2, 0.25) is 0 Å². The maximum absolute atomic E-state index is 11.7. The molecule has 7 nitrogen and oxygen atoms in total. The maximum atomic E-state index is 11.7. The van der Waals surface area contributed by atoms with Crippen LogP contribution in [0, 0.1) is 6.92 Å². The highest BCUT2D eigenvalue weighted by Gasteiger charge is 2.22. The minimum atomic E-state index is -0.0719. The lowest BCUT2D eigenvalue weighted by atomic mass is 10.2. The van der Waals surface area contributed by atoms with Crippen LogP contribution in [-0.2, 0) is 13.6 Å². The molecule has 1 N–H and O–H groups in total. The van der Waals surface area contributed by atoms with Crippen LogP contribution in [0.15, 0.2) is 23.3 Å². The van der Waals surface area contributed by atoms with Gasteiger partial charge in [-0.1, -0.05) is 0 Å². The zero-order chi connectivity index (χ0) is 17.1. The molecule has 130 valence electrons. The van der Waals surface area contributed by atoms with Crippen molar-refractivity contribution in [3.05, 3.63) is 45.9 Å². The van der Waals surface area contributed by atoms with Gasteiger partial charge in [-0.2, -0.15) is 5.10 Å². The Morgan fingerprint density at radius 2 is 2.12 bits per heavy atom. The van der Waals surface area contributed by atoms with Gasteiger partial charge >= 0.3 is 0 Å². The molecule has 2 aromatic heterocycles. The van der Waals surface area contributed by atoms with E-state index in [0.717, 1.165) is 50.7 Å². The molecule has 3 heterocycles. The van der Waals surface area contributed by atoms with Crippen molar-refractivity contribution in [3.63, 3.8) is 0 Å². The van der Waals surface area contributed by atoms with Crippen LogP contribution < -0.4 is 5.56 Å². The second kappa shape index (κ2) is 7.27. The van der Waals surface area contributed by atoms with Gasteiger partial charge in [-0.25, -0.2) is 4.98 Å². The Morgan fingerprint density at radius 3 is 2.83 bits per heavy atom. The van der Waals surface area contributed by atoms with Crippen LogP contribution >= 0.6 is 0 Å². The number of hydrogen-bond acceptors (Lipinski definition) is 5. The molecule has 0 bridgehead atoms. The molecule has 0 radical (unpaired) electrons. The van der Waals surface area contributed by atoms with Crippen molar-refractivity contribution in [3.8, 4) is 0 Å². The molecular weight excluding hydrogens is 304 g/mol. The summed E-state index contributed by atoms with van der Waals surface area (Å²) in [5.41, 5.74) is 1.95. The van der Waals surface area contributed by atoms with Crippen molar-refractivity contribution in [2.45, 2.75) is 32.9 Å². The number of aromatic amines is 1. The van der Waals surface area contributed by atoms with Crippen LogP contribution in [-0.4, -0.2) is 55.7 Å². The van der Waals surface area contributed by atoms with Crippen LogP contribution in [0.25, 0.3) is 0 Å². The molecule has 0 amide bonds. The SMILES string of the molecule is Cc1cc(=O)[nH]c([C@H](C)N2CCCN(Cc3cnn(C)c3)CC2)n1. The van der Waals surface area contributed by atoms with E-state index in [1.54, 1.807) is 0 Å². The largest absolute Gasteiger partial charge is 0.309 e. The van der Waals surface area contributed by atoms with Crippen LogP contribution in [0.1, 0.15) is 36.5 Å². The van der Waals surface area contributed by atoms with E-state index in [2.05, 4.69) is 38.0 Å². The molecule has 0 aliphatic carbocycles. The summed E-state index contributed by atoms with van der Waals surface area (Å²) >= 11 is 0. The molecule has 0 spiro atoms. The second-order valence-electron chi connectivity index (χ2n) is 6.64. The number of H-pyrrole nitrogens is 1. The lowest BCUT2D eigenvalue weighted by Crippen LogP contribution is -2.33. The Labute approximate surface area is 142 Å². The molecule has 0 aromatic carbocycles. The number of nitrogens with zero attached hydrogens (tertiary/aromatic N) is 5. The molecule has 0 saturated carbocycles. The number of hydrogen-bond donors (Lipinski definition) is 1. The molecule has 1 aliphatic rings. The van der Waals surface area contributed by atoms with Gasteiger partial charge in [-0.05, 0) is 26.8 Å². The van der Waals surface area contributed by atoms with Crippen molar-refractivity contribution in [1.82, 2.24) is 29.5 Å². The van der Waals surface area contributed by atoms with Crippen molar-refractivity contribution in [2.75, 3.05) is 26.2 Å². The van der Waals surface area contributed by atoms with E-state index >= 15 is 0 Å². The normalized spacial score (nSPS) is 18.5. The fourth-order valence-electron chi connectivity index (χ4n) is 3.32. The summed E-state index contributed by atoms with van der Waals surface area (Å²) in [6, 6.07) is 1.66. The highest BCUT2D eigenvalue weighted by molar-refractivity contribution is 5.05. The highest BCUT2D eigenvalue weighted by Crippen LogP contribution is 2.18. The third kappa shape index (κ3) is 4.10. The monoisotopic (exact) mass is 330 g/mol. The van der Waals surface area contributed by atoms with Crippen LogP contribution in [0.2, 0.25) is 0 Å². The van der Waals surface area contributed by atoms with Gasteiger partial charge in [0.05, 0.1) is 12.2 Å². The average Bonchev–Trinajstić information content (AvgIpc) is 2.79. The first-order valence-corrected chi connectivity index (χ1v) is 8.53. The number of aryl methyl sites for hydroxylation is 2. The molecular formula is C17H26N6O. The fraction of sp³-hybridized carbons (Fsp3) is 0.588. The first kappa shape index (κ1) is 16.9. The summed E-state index contributed by atoms with van der Waals surface area (Å²) in [7, 11) is 1.95. The molecule has 1 aliphatic heterocycles.